The van der Waals surface area contributed by atoms with Crippen molar-refractivity contribution < 1.29 is 8.78 Å². The molecule has 0 aliphatic rings. The first kappa shape index (κ1) is 9.48. The van der Waals surface area contributed by atoms with Crippen LogP contribution in [-0.2, 0) is 6.54 Å². The minimum atomic E-state index is -2.31. The van der Waals surface area contributed by atoms with Gasteiger partial charge in [0.1, 0.15) is 0 Å². The highest BCUT2D eigenvalue weighted by atomic mass is 35.5. The maximum Gasteiger partial charge on any atom is 0.250 e. The maximum absolute atomic E-state index is 11.6. The molecular weight excluding hydrogens is 186 g/mol. The average molecular weight is 195 g/mol. The lowest BCUT2D eigenvalue weighted by atomic mass is 10.4. The first-order valence-corrected chi connectivity index (χ1v) is 3.88. The van der Waals surface area contributed by atoms with Crippen LogP contribution >= 0.6 is 11.6 Å². The van der Waals surface area contributed by atoms with Gasteiger partial charge in [-0.3, -0.25) is 0 Å². The Hall–Kier alpha value is -0.610. The van der Waals surface area contributed by atoms with Crippen molar-refractivity contribution in [2.24, 2.45) is 0 Å². The number of hydrogen-bond donors (Lipinski definition) is 2. The van der Waals surface area contributed by atoms with E-state index >= 15 is 0 Å². The van der Waals surface area contributed by atoms with Crippen molar-refractivity contribution in [1.29, 1.82) is 0 Å². The molecule has 0 unspecified atom stereocenters. The molecule has 0 aliphatic heterocycles. The lowest BCUT2D eigenvalue weighted by Crippen LogP contribution is -2.20. The van der Waals surface area contributed by atoms with Crippen LogP contribution in [0, 0.1) is 0 Å². The zero-order chi connectivity index (χ0) is 8.97. The largest absolute Gasteiger partial charge is 0.363 e. The summed E-state index contributed by atoms with van der Waals surface area (Å²) in [5.74, 6) is 0. The van der Waals surface area contributed by atoms with Gasteiger partial charge in [-0.25, -0.2) is 8.78 Å². The molecule has 12 heavy (non-hydrogen) atoms. The van der Waals surface area contributed by atoms with Gasteiger partial charge in [0.2, 0.25) is 0 Å². The molecule has 5 heteroatoms. The fourth-order valence-corrected chi connectivity index (χ4v) is 1.02. The number of aromatic amines is 1. The van der Waals surface area contributed by atoms with Crippen molar-refractivity contribution in [1.82, 2.24) is 10.3 Å². The van der Waals surface area contributed by atoms with Gasteiger partial charge in [-0.2, -0.15) is 0 Å². The molecule has 1 aromatic heterocycles. The molecule has 0 fully saturated rings. The van der Waals surface area contributed by atoms with Crippen LogP contribution in [0.15, 0.2) is 12.3 Å². The Balaban J connectivity index is 2.24. The molecule has 0 aromatic carbocycles. The van der Waals surface area contributed by atoms with Crippen molar-refractivity contribution in [3.8, 4) is 0 Å². The Labute approximate surface area is 73.9 Å². The van der Waals surface area contributed by atoms with Gasteiger partial charge in [0.05, 0.1) is 11.6 Å². The van der Waals surface area contributed by atoms with Gasteiger partial charge >= 0.3 is 0 Å². The van der Waals surface area contributed by atoms with Crippen molar-refractivity contribution in [2.45, 2.75) is 13.0 Å². The van der Waals surface area contributed by atoms with Crippen molar-refractivity contribution in [2.75, 3.05) is 6.54 Å². The third-order valence-corrected chi connectivity index (χ3v) is 1.54. The minimum absolute atomic E-state index is 0.295. The fourth-order valence-electron chi connectivity index (χ4n) is 0.829. The quantitative estimate of drug-likeness (QED) is 0.754. The van der Waals surface area contributed by atoms with E-state index in [1.54, 1.807) is 12.3 Å². The minimum Gasteiger partial charge on any atom is -0.363 e. The van der Waals surface area contributed by atoms with Crippen LogP contribution in [0.3, 0.4) is 0 Å². The van der Waals surface area contributed by atoms with Crippen LogP contribution in [0.25, 0.3) is 0 Å². The Morgan fingerprint density at radius 1 is 1.58 bits per heavy atom. The Morgan fingerprint density at radius 3 is 2.83 bits per heavy atom. The second-order valence-electron chi connectivity index (χ2n) is 2.37. The number of aromatic nitrogens is 1. The van der Waals surface area contributed by atoms with E-state index in [2.05, 4.69) is 10.3 Å². The highest BCUT2D eigenvalue weighted by Crippen LogP contribution is 2.08. The van der Waals surface area contributed by atoms with E-state index in [-0.39, 0.29) is 6.54 Å². The number of rotatable bonds is 4. The molecule has 0 atom stereocenters. The van der Waals surface area contributed by atoms with Gasteiger partial charge in [0, 0.05) is 18.4 Å². The summed E-state index contributed by atoms with van der Waals surface area (Å²) < 4.78 is 23.3. The van der Waals surface area contributed by atoms with Gasteiger partial charge in [0.15, 0.2) is 0 Å². The molecule has 0 aliphatic carbocycles. The topological polar surface area (TPSA) is 27.8 Å². The molecule has 0 bridgehead atoms. The third-order valence-electron chi connectivity index (χ3n) is 1.32. The van der Waals surface area contributed by atoms with Crippen LogP contribution in [0.4, 0.5) is 8.78 Å². The Morgan fingerprint density at radius 2 is 2.33 bits per heavy atom. The zero-order valence-corrected chi connectivity index (χ0v) is 7.04. The maximum atomic E-state index is 11.6. The summed E-state index contributed by atoms with van der Waals surface area (Å²) in [5.41, 5.74) is 0.806. The van der Waals surface area contributed by atoms with E-state index in [0.717, 1.165) is 5.69 Å². The van der Waals surface area contributed by atoms with Crippen LogP contribution in [-0.4, -0.2) is 18.0 Å². The van der Waals surface area contributed by atoms with Crippen molar-refractivity contribution in [3.63, 3.8) is 0 Å². The summed E-state index contributed by atoms with van der Waals surface area (Å²) >= 11 is 5.59. The average Bonchev–Trinajstić information content (AvgIpc) is 2.35. The smallest absolute Gasteiger partial charge is 0.250 e. The predicted octanol–water partition coefficient (Wildman–Crippen LogP) is 2.02. The van der Waals surface area contributed by atoms with Gasteiger partial charge < -0.3 is 10.3 Å². The summed E-state index contributed by atoms with van der Waals surface area (Å²) in [4.78, 5) is 2.84. The number of H-pyrrole nitrogens is 1. The fraction of sp³-hybridized carbons (Fsp3) is 0.429. The summed E-state index contributed by atoms with van der Waals surface area (Å²) in [5, 5.41) is 3.16. The number of nitrogens with one attached hydrogen (secondary N) is 2. The SMILES string of the molecule is FC(F)CNCc1cc(Cl)c[nH]1. The molecule has 68 valence electrons. The van der Waals surface area contributed by atoms with Crippen LogP contribution < -0.4 is 5.32 Å². The second kappa shape index (κ2) is 4.42. The van der Waals surface area contributed by atoms with E-state index in [1.165, 1.54) is 0 Å². The summed E-state index contributed by atoms with van der Waals surface area (Å²) in [6.45, 7) is 0.0910. The zero-order valence-electron chi connectivity index (χ0n) is 6.28. The molecule has 0 spiro atoms. The summed E-state index contributed by atoms with van der Waals surface area (Å²) in [6, 6.07) is 1.69. The van der Waals surface area contributed by atoms with E-state index in [9.17, 15) is 8.78 Å². The standard InChI is InChI=1S/C7H9ClF2N2/c8-5-1-6(12-2-5)3-11-4-7(9)10/h1-2,7,11-12H,3-4H2. The van der Waals surface area contributed by atoms with Gasteiger partial charge in [-0.15, -0.1) is 0 Å². The lowest BCUT2D eigenvalue weighted by Gasteiger charge is -2.00. The molecule has 2 nitrogen and oxygen atoms in total. The van der Waals surface area contributed by atoms with E-state index in [1.807, 2.05) is 0 Å². The van der Waals surface area contributed by atoms with Gasteiger partial charge in [-0.1, -0.05) is 11.6 Å². The van der Waals surface area contributed by atoms with E-state index in [4.69, 9.17) is 11.6 Å². The Kier molecular flexibility index (Phi) is 3.49. The van der Waals surface area contributed by atoms with Gasteiger partial charge in [-0.05, 0) is 6.07 Å². The normalized spacial score (nSPS) is 11.0. The molecule has 0 saturated carbocycles. The van der Waals surface area contributed by atoms with Gasteiger partial charge in [0.25, 0.3) is 6.43 Å². The van der Waals surface area contributed by atoms with E-state index in [0.29, 0.717) is 11.6 Å². The van der Waals surface area contributed by atoms with Crippen molar-refractivity contribution >= 4 is 11.6 Å². The summed E-state index contributed by atoms with van der Waals surface area (Å²) in [7, 11) is 0. The van der Waals surface area contributed by atoms with Crippen LogP contribution in [0.2, 0.25) is 5.02 Å². The molecule has 0 radical (unpaired) electrons. The number of alkyl halides is 2. The van der Waals surface area contributed by atoms with Crippen molar-refractivity contribution in [3.05, 3.63) is 23.0 Å². The first-order chi connectivity index (χ1) is 5.68. The number of halogens is 3. The highest BCUT2D eigenvalue weighted by molar-refractivity contribution is 6.30. The number of hydrogen-bond acceptors (Lipinski definition) is 1. The van der Waals surface area contributed by atoms with E-state index < -0.39 is 6.43 Å². The highest BCUT2D eigenvalue weighted by Gasteiger charge is 2.01. The molecule has 0 saturated heterocycles. The molecule has 1 rings (SSSR count). The monoisotopic (exact) mass is 194 g/mol. The van der Waals surface area contributed by atoms with Crippen LogP contribution in [0.5, 0.6) is 0 Å². The molecule has 0 amide bonds. The third kappa shape index (κ3) is 3.19. The molecule has 2 N–H and O–H groups in total. The molecule has 1 aromatic rings. The predicted molar refractivity (Wildman–Crippen MR) is 43.5 cm³/mol. The second-order valence-corrected chi connectivity index (χ2v) is 2.80. The van der Waals surface area contributed by atoms with Crippen LogP contribution in [0.1, 0.15) is 5.69 Å². The lowest BCUT2D eigenvalue weighted by molar-refractivity contribution is 0.145. The molecule has 1 heterocycles. The first-order valence-electron chi connectivity index (χ1n) is 3.50. The Bertz CT molecular complexity index is 237. The molecular formula is C7H9ClF2N2. The summed E-state index contributed by atoms with van der Waals surface area (Å²) in [6.07, 6.45) is -0.698.